The van der Waals surface area contributed by atoms with E-state index in [0.717, 1.165) is 31.4 Å². The molecule has 282 valence electrons. The maximum atomic E-state index is 7.11. The minimum Gasteiger partial charge on any atom is -0.483 e. The van der Waals surface area contributed by atoms with Gasteiger partial charge in [-0.05, 0) is 82.8 Å². The van der Waals surface area contributed by atoms with Crippen molar-refractivity contribution >= 4 is 46.6 Å². The molecule has 3 aliphatic carbocycles. The summed E-state index contributed by atoms with van der Waals surface area (Å²) < 4.78 is 8.55. The summed E-state index contributed by atoms with van der Waals surface area (Å²) in [6.45, 7) is 0. The van der Waals surface area contributed by atoms with Crippen molar-refractivity contribution in [3.05, 3.63) is 212 Å². The van der Waals surface area contributed by atoms with Crippen molar-refractivity contribution in [2.75, 3.05) is 4.90 Å². The number of nitrogens with zero attached hydrogens (tertiary/aromatic N) is 1. The topological polar surface area (TPSA) is 12.5 Å². The van der Waals surface area contributed by atoms with E-state index in [1.807, 2.05) is 23.1 Å². The van der Waals surface area contributed by atoms with Crippen molar-refractivity contribution < 1.29 is 4.74 Å². The summed E-state index contributed by atoms with van der Waals surface area (Å²) in [4.78, 5) is 5.60. The summed E-state index contributed by atoms with van der Waals surface area (Å²) in [5.74, 6) is 1.85. The Balaban J connectivity index is 0.927. The normalized spacial score (nSPS) is 23.3. The average Bonchev–Trinajstić information content (AvgIpc) is 4.04. The number of fused-ring (bicyclic) bond motifs is 10. The van der Waals surface area contributed by atoms with Gasteiger partial charge in [-0.2, -0.15) is 0 Å². The van der Waals surface area contributed by atoms with Crippen LogP contribution in [0.4, 0.5) is 11.4 Å². The summed E-state index contributed by atoms with van der Waals surface area (Å²) in [6, 6.07) is 45.7. The molecule has 5 unspecified atom stereocenters. The molecular weight excluding hydrogens is 743 g/mol. The highest BCUT2D eigenvalue weighted by Crippen LogP contribution is 2.66. The number of hydrogen-bond donors (Lipinski definition) is 0. The Labute approximate surface area is 348 Å². The van der Waals surface area contributed by atoms with Crippen molar-refractivity contribution in [3.8, 4) is 16.9 Å². The Hall–Kier alpha value is -5.55. The van der Waals surface area contributed by atoms with Gasteiger partial charge in [0.15, 0.2) is 0 Å². The number of thiophene rings is 1. The number of allylic oxidation sites excluding steroid dienone is 6. The molecule has 58 heavy (non-hydrogen) atoms. The summed E-state index contributed by atoms with van der Waals surface area (Å²) in [5.41, 5.74) is 13.3. The lowest BCUT2D eigenvalue weighted by molar-refractivity contribution is 0.268. The molecule has 0 N–H and O–H groups in total. The Kier molecular flexibility index (Phi) is 8.37. The second-order valence-electron chi connectivity index (χ2n) is 16.4. The first-order valence-corrected chi connectivity index (χ1v) is 22.6. The van der Waals surface area contributed by atoms with Crippen molar-refractivity contribution in [1.29, 1.82) is 0 Å². The third kappa shape index (κ3) is 5.67. The summed E-state index contributed by atoms with van der Waals surface area (Å²) in [5, 5.41) is 1.81. The minimum atomic E-state index is -0.0303. The van der Waals surface area contributed by atoms with Gasteiger partial charge in [0.1, 0.15) is 11.9 Å². The van der Waals surface area contributed by atoms with Crippen LogP contribution in [0.1, 0.15) is 81.0 Å². The Morgan fingerprint density at radius 2 is 1.55 bits per heavy atom. The number of benzene rings is 5. The van der Waals surface area contributed by atoms with Crippen LogP contribution in [0.15, 0.2) is 174 Å². The van der Waals surface area contributed by atoms with Gasteiger partial charge in [0.05, 0.1) is 22.7 Å². The van der Waals surface area contributed by atoms with Crippen LogP contribution in [0, 0.1) is 0 Å². The van der Waals surface area contributed by atoms with Gasteiger partial charge in [-0.3, -0.25) is 0 Å². The maximum Gasteiger partial charge on any atom is 0.147 e. The van der Waals surface area contributed by atoms with Gasteiger partial charge in [-0.25, -0.2) is 0 Å². The zero-order chi connectivity index (χ0) is 38.2. The molecule has 0 amide bonds. The van der Waals surface area contributed by atoms with Gasteiger partial charge < -0.3 is 9.64 Å². The molecule has 12 rings (SSSR count). The average molecular weight is 786 g/mol. The van der Waals surface area contributed by atoms with Crippen LogP contribution < -0.4 is 19.4 Å². The van der Waals surface area contributed by atoms with Crippen LogP contribution >= 0.6 is 23.1 Å². The zero-order valence-electron chi connectivity index (χ0n) is 32.2. The molecule has 0 saturated heterocycles. The molecular formula is C54H43NOS2. The fourth-order valence-electron chi connectivity index (χ4n) is 10.3. The van der Waals surface area contributed by atoms with E-state index in [1.54, 1.807) is 0 Å². The lowest BCUT2D eigenvalue weighted by Crippen LogP contribution is -2.30. The van der Waals surface area contributed by atoms with Crippen LogP contribution in [0.3, 0.4) is 0 Å². The van der Waals surface area contributed by atoms with E-state index in [1.165, 1.54) is 75.4 Å². The number of thioether (sulfide) groups is 1. The monoisotopic (exact) mass is 785 g/mol. The molecule has 0 radical (unpaired) electrons. The summed E-state index contributed by atoms with van der Waals surface area (Å²) >= 11 is 4.06. The Morgan fingerprint density at radius 3 is 2.41 bits per heavy atom. The van der Waals surface area contributed by atoms with E-state index >= 15 is 0 Å². The highest BCUT2D eigenvalue weighted by Gasteiger charge is 2.49. The maximum absolute atomic E-state index is 7.11. The van der Waals surface area contributed by atoms with Gasteiger partial charge in [0.2, 0.25) is 0 Å². The molecule has 4 heteroatoms. The quantitative estimate of drug-likeness (QED) is 0.160. The van der Waals surface area contributed by atoms with Gasteiger partial charge in [-0.15, -0.1) is 23.1 Å². The van der Waals surface area contributed by atoms with Crippen LogP contribution in [-0.2, 0) is 6.42 Å². The van der Waals surface area contributed by atoms with Gasteiger partial charge in [0, 0.05) is 42.8 Å². The highest BCUT2D eigenvalue weighted by atomic mass is 32.2. The highest BCUT2D eigenvalue weighted by molar-refractivity contribution is 8.00. The number of anilines is 2. The van der Waals surface area contributed by atoms with Crippen LogP contribution in [-0.4, -0.2) is 6.10 Å². The molecule has 4 heterocycles. The van der Waals surface area contributed by atoms with E-state index in [0.29, 0.717) is 11.2 Å². The molecule has 3 aliphatic heterocycles. The third-order valence-corrected chi connectivity index (χ3v) is 15.9. The summed E-state index contributed by atoms with van der Waals surface area (Å²) in [6.07, 6.45) is 25.3. The Bertz CT molecular complexity index is 2830. The molecule has 0 spiro atoms. The van der Waals surface area contributed by atoms with E-state index in [2.05, 4.69) is 181 Å². The predicted molar refractivity (Wildman–Crippen MR) is 243 cm³/mol. The van der Waals surface area contributed by atoms with E-state index in [9.17, 15) is 0 Å². The van der Waals surface area contributed by atoms with E-state index in [4.69, 9.17) is 4.74 Å². The first kappa shape index (κ1) is 34.5. The summed E-state index contributed by atoms with van der Waals surface area (Å²) in [7, 11) is 0. The molecule has 6 aromatic rings. The first-order valence-electron chi connectivity index (χ1n) is 20.9. The second kappa shape index (κ2) is 14.1. The molecule has 6 aliphatic rings. The number of hydrogen-bond acceptors (Lipinski definition) is 4. The van der Waals surface area contributed by atoms with Crippen LogP contribution in [0.5, 0.6) is 5.75 Å². The van der Waals surface area contributed by atoms with Gasteiger partial charge in [-0.1, -0.05) is 158 Å². The van der Waals surface area contributed by atoms with Crippen molar-refractivity contribution in [2.24, 2.45) is 0 Å². The fraction of sp³-hybridized carbons (Fsp3) is 0.185. The third-order valence-electron chi connectivity index (χ3n) is 13.1. The van der Waals surface area contributed by atoms with Crippen molar-refractivity contribution in [2.45, 2.75) is 65.7 Å². The SMILES string of the molecule is C1=CCC(c2ccc(C[C@H](C3=CC4c5cccc(N6c7c(sc8c7=CCCC=8)C7Sc8ccccc8C76)c5OC4C=C3)c3ccc(-c4ccccc4)cc3)cc2)C=C1. The molecule has 2 nitrogen and oxygen atoms in total. The molecule has 5 aromatic carbocycles. The molecule has 0 saturated carbocycles. The molecule has 0 bridgehead atoms. The molecule has 6 atom stereocenters. The smallest absolute Gasteiger partial charge is 0.147 e. The van der Waals surface area contributed by atoms with Crippen LogP contribution in [0.2, 0.25) is 0 Å². The minimum absolute atomic E-state index is 0.0303. The first-order chi connectivity index (χ1) is 28.7. The fourth-order valence-corrected chi connectivity index (χ4v) is 13.2. The zero-order valence-corrected chi connectivity index (χ0v) is 33.8. The molecule has 0 fully saturated rings. The standard InChI is InChI=1S/C54H43NOS2/c1-3-12-35(13-4-1)37-24-22-34(23-25-37)32-44(39-28-26-38(27-29-39)36-14-5-2-6-15-36)40-30-31-47-45(33-40)41-18-11-19-46(52(41)56-47)55-50-42-16-7-9-20-48(42)57-53(50)54-51(55)43-17-8-10-21-49(43)58-54/h1-7,9,11-12,14-31,33,35,44-45,47,50,53H,8,10,13,32H2/t35?,44-,45?,47?,50?,53?/m0/s1. The van der Waals surface area contributed by atoms with Crippen molar-refractivity contribution in [3.63, 3.8) is 0 Å². The van der Waals surface area contributed by atoms with Crippen LogP contribution in [0.25, 0.3) is 23.3 Å². The van der Waals surface area contributed by atoms with E-state index in [-0.39, 0.29) is 24.0 Å². The number of rotatable bonds is 7. The van der Waals surface area contributed by atoms with Gasteiger partial charge >= 0.3 is 0 Å². The predicted octanol–water partition coefficient (Wildman–Crippen LogP) is 12.8. The lowest BCUT2D eigenvalue weighted by Gasteiger charge is -2.29. The lowest BCUT2D eigenvalue weighted by atomic mass is 9.79. The van der Waals surface area contributed by atoms with Crippen molar-refractivity contribution in [1.82, 2.24) is 0 Å². The van der Waals surface area contributed by atoms with Gasteiger partial charge in [0.25, 0.3) is 0 Å². The largest absolute Gasteiger partial charge is 0.483 e. The van der Waals surface area contributed by atoms with E-state index < -0.39 is 0 Å². The second-order valence-corrected chi connectivity index (χ2v) is 18.7. The Morgan fingerprint density at radius 1 is 0.741 bits per heavy atom. The molecule has 1 aromatic heterocycles. The number of para-hydroxylation sites is 1. The number of ether oxygens (including phenoxy) is 1.